The van der Waals surface area contributed by atoms with Crippen molar-refractivity contribution in [2.45, 2.75) is 39.4 Å². The zero-order valence-corrected chi connectivity index (χ0v) is 7.37. The molecule has 0 bridgehead atoms. The maximum Gasteiger partial charge on any atom is 0.0945 e. The predicted octanol–water partition coefficient (Wildman–Crippen LogP) is 2.74. The molecule has 58 valence electrons. The minimum absolute atomic E-state index is 0.254. The van der Waals surface area contributed by atoms with Crippen LogP contribution in [0, 0.1) is 5.41 Å². The van der Waals surface area contributed by atoms with Gasteiger partial charge in [0, 0.05) is 0 Å². The molecule has 0 rings (SSSR count). The third-order valence-corrected chi connectivity index (χ3v) is 1.30. The van der Waals surface area contributed by atoms with Gasteiger partial charge in [0.2, 0.25) is 0 Å². The molecule has 0 fully saturated rings. The van der Waals surface area contributed by atoms with Crippen molar-refractivity contribution in [2.24, 2.45) is 5.41 Å². The quantitative estimate of drug-likeness (QED) is 0.531. The molecule has 0 amide bonds. The third kappa shape index (κ3) is 4.83. The molecular weight excluding hydrogens is 126 g/mol. The van der Waals surface area contributed by atoms with Crippen LogP contribution in [-0.2, 0) is 0 Å². The molecule has 0 saturated heterocycles. The molecule has 0 heterocycles. The van der Waals surface area contributed by atoms with Crippen LogP contribution >= 0.6 is 0 Å². The molecule has 0 aromatic heterocycles. The molecule has 0 unspecified atom stereocenters. The van der Waals surface area contributed by atoms with Crippen LogP contribution in [0.4, 0.5) is 4.39 Å². The van der Waals surface area contributed by atoms with Crippen molar-refractivity contribution in [3.05, 3.63) is 0 Å². The number of hydrogen-bond acceptors (Lipinski definition) is 0. The van der Waals surface area contributed by atoms with Crippen molar-refractivity contribution in [3.63, 3.8) is 0 Å². The van der Waals surface area contributed by atoms with Crippen LogP contribution in [0.1, 0.15) is 34.1 Å². The maximum absolute atomic E-state index is 12.2. The smallest absolute Gasteiger partial charge is 0.0945 e. The van der Waals surface area contributed by atoms with Crippen LogP contribution in [-0.4, -0.2) is 14.5 Å². The van der Waals surface area contributed by atoms with Crippen molar-refractivity contribution in [1.82, 2.24) is 0 Å². The second-order valence-electron chi connectivity index (χ2n) is 4.46. The zero-order chi connectivity index (χ0) is 8.41. The van der Waals surface area contributed by atoms with Gasteiger partial charge in [-0.25, -0.2) is 0 Å². The lowest BCUT2D eigenvalue weighted by molar-refractivity contribution is 0.219. The summed E-state index contributed by atoms with van der Waals surface area (Å²) in [6.45, 7) is 7.33. The van der Waals surface area contributed by atoms with E-state index in [0.717, 1.165) is 6.42 Å². The Morgan fingerprint density at radius 2 is 1.60 bits per heavy atom. The Balaban J connectivity index is 3.89. The highest BCUT2D eigenvalue weighted by atomic mass is 19.1. The Kier molecular flexibility index (Phi) is 2.93. The van der Waals surface area contributed by atoms with Crippen LogP contribution in [0.15, 0.2) is 0 Å². The fourth-order valence-electron chi connectivity index (χ4n) is 1.28. The third-order valence-electron chi connectivity index (χ3n) is 1.30. The first-order chi connectivity index (χ1) is 4.27. The Labute approximate surface area is 64.6 Å². The number of rotatable bonds is 3. The van der Waals surface area contributed by atoms with Gasteiger partial charge in [-0.3, -0.25) is 4.39 Å². The molecule has 0 aromatic rings. The minimum Gasteiger partial charge on any atom is -0.251 e. The van der Waals surface area contributed by atoms with Gasteiger partial charge in [0.05, 0.1) is 14.5 Å². The molecule has 2 radical (unpaired) electrons. The Hall–Kier alpha value is -0.00506. The lowest BCUT2D eigenvalue weighted by atomic mass is 9.64. The Morgan fingerprint density at radius 3 is 1.70 bits per heavy atom. The minimum atomic E-state index is -0.298. The van der Waals surface area contributed by atoms with E-state index < -0.39 is 0 Å². The first-order valence-electron chi connectivity index (χ1n) is 3.62. The van der Waals surface area contributed by atoms with E-state index in [1.165, 1.54) is 0 Å². The molecule has 0 atom stereocenters. The van der Waals surface area contributed by atoms with Crippen molar-refractivity contribution in [1.29, 1.82) is 0 Å². The highest BCUT2D eigenvalue weighted by molar-refractivity contribution is 6.14. The van der Waals surface area contributed by atoms with Crippen molar-refractivity contribution in [2.75, 3.05) is 6.67 Å². The van der Waals surface area contributed by atoms with Crippen LogP contribution < -0.4 is 0 Å². The van der Waals surface area contributed by atoms with Crippen molar-refractivity contribution < 1.29 is 4.39 Å². The second-order valence-corrected chi connectivity index (χ2v) is 4.46. The van der Waals surface area contributed by atoms with E-state index in [1.807, 2.05) is 27.7 Å². The van der Waals surface area contributed by atoms with Gasteiger partial charge in [0.15, 0.2) is 0 Å². The van der Waals surface area contributed by atoms with E-state index >= 15 is 0 Å². The van der Waals surface area contributed by atoms with Gasteiger partial charge in [-0.2, -0.15) is 0 Å². The predicted molar refractivity (Wildman–Crippen MR) is 44.2 cm³/mol. The van der Waals surface area contributed by atoms with Gasteiger partial charge in [0.1, 0.15) is 0 Å². The molecule has 10 heavy (non-hydrogen) atoms. The standard InChI is InChI=1S/C8H16BF/c1-7(2,6-10)5-8(3,4)9/h5-6H2,1-4H3. The Bertz CT molecular complexity index is 102. The van der Waals surface area contributed by atoms with E-state index in [0.29, 0.717) is 0 Å². The molecule has 0 nitrogen and oxygen atoms in total. The summed E-state index contributed by atoms with van der Waals surface area (Å²) in [5.41, 5.74) is -0.266. The van der Waals surface area contributed by atoms with Crippen LogP contribution in [0.3, 0.4) is 0 Å². The summed E-state index contributed by atoms with van der Waals surface area (Å²) in [4.78, 5) is 0. The van der Waals surface area contributed by atoms with Gasteiger partial charge in [-0.05, 0) is 11.8 Å². The highest BCUT2D eigenvalue weighted by Crippen LogP contribution is 2.36. The number of alkyl halides is 1. The van der Waals surface area contributed by atoms with Crippen molar-refractivity contribution in [3.8, 4) is 0 Å². The molecule has 0 aliphatic carbocycles. The SMILES string of the molecule is [B]C(C)(C)CC(C)(C)CF. The lowest BCUT2D eigenvalue weighted by Crippen LogP contribution is -2.20. The largest absolute Gasteiger partial charge is 0.251 e. The summed E-state index contributed by atoms with van der Waals surface area (Å²) >= 11 is 0. The summed E-state index contributed by atoms with van der Waals surface area (Å²) in [7, 11) is 5.73. The van der Waals surface area contributed by atoms with E-state index in [-0.39, 0.29) is 17.4 Å². The van der Waals surface area contributed by atoms with E-state index in [1.54, 1.807) is 0 Å². The van der Waals surface area contributed by atoms with Crippen LogP contribution in [0.5, 0.6) is 0 Å². The topological polar surface area (TPSA) is 0 Å². The lowest BCUT2D eigenvalue weighted by Gasteiger charge is -2.30. The average molecular weight is 142 g/mol. The fraction of sp³-hybridized carbons (Fsp3) is 1.00. The van der Waals surface area contributed by atoms with Crippen LogP contribution in [0.25, 0.3) is 0 Å². The Morgan fingerprint density at radius 1 is 1.20 bits per heavy atom. The van der Waals surface area contributed by atoms with Gasteiger partial charge in [-0.15, -0.1) is 0 Å². The first kappa shape index (κ1) is 9.99. The van der Waals surface area contributed by atoms with Gasteiger partial charge < -0.3 is 0 Å². The molecule has 0 aliphatic rings. The van der Waals surface area contributed by atoms with Gasteiger partial charge >= 0.3 is 0 Å². The summed E-state index contributed by atoms with van der Waals surface area (Å²) < 4.78 is 12.2. The van der Waals surface area contributed by atoms with E-state index in [4.69, 9.17) is 7.85 Å². The zero-order valence-electron chi connectivity index (χ0n) is 7.37. The van der Waals surface area contributed by atoms with E-state index in [9.17, 15) is 4.39 Å². The van der Waals surface area contributed by atoms with E-state index in [2.05, 4.69) is 0 Å². The molecule has 0 N–H and O–H groups in total. The summed E-state index contributed by atoms with van der Waals surface area (Å²) in [5, 5.41) is -0.254. The van der Waals surface area contributed by atoms with Crippen LogP contribution in [0.2, 0.25) is 5.31 Å². The first-order valence-corrected chi connectivity index (χ1v) is 3.62. The molecule has 2 heteroatoms. The van der Waals surface area contributed by atoms with Crippen molar-refractivity contribution >= 4 is 7.85 Å². The normalized spacial score (nSPS) is 13.7. The molecule has 0 aliphatic heterocycles. The summed E-state index contributed by atoms with van der Waals surface area (Å²) in [6, 6.07) is 0. The fourth-order valence-corrected chi connectivity index (χ4v) is 1.28. The summed E-state index contributed by atoms with van der Waals surface area (Å²) in [5.74, 6) is 0. The van der Waals surface area contributed by atoms with Gasteiger partial charge in [0.25, 0.3) is 0 Å². The number of halogens is 1. The molecule has 0 spiro atoms. The summed E-state index contributed by atoms with van der Waals surface area (Å²) in [6.07, 6.45) is 0.719. The van der Waals surface area contributed by atoms with Gasteiger partial charge in [-0.1, -0.05) is 33.0 Å². The molecule has 0 aromatic carbocycles. The maximum atomic E-state index is 12.2. The monoisotopic (exact) mass is 142 g/mol. The average Bonchev–Trinajstić information content (AvgIpc) is 1.60. The highest BCUT2D eigenvalue weighted by Gasteiger charge is 2.24. The molecular formula is C8H16BF. The molecule has 0 saturated carbocycles. The second kappa shape index (κ2) is 2.94. The number of hydrogen-bond donors (Lipinski definition) is 0.